The van der Waals surface area contributed by atoms with Crippen LogP contribution >= 0.6 is 0 Å². The Bertz CT molecular complexity index is 3770. The van der Waals surface area contributed by atoms with Crippen molar-refractivity contribution in [1.82, 2.24) is 31.1 Å². The quantitative estimate of drug-likeness (QED) is 0.0114. The van der Waals surface area contributed by atoms with Crippen LogP contribution in [0, 0.1) is 11.8 Å². The van der Waals surface area contributed by atoms with Crippen molar-refractivity contribution in [3.63, 3.8) is 0 Å². The number of amides is 10. The minimum atomic E-state index is -1.00. The molecule has 10 N–H and O–H groups in total. The zero-order valence-electron chi connectivity index (χ0n) is 61.8. The van der Waals surface area contributed by atoms with Gasteiger partial charge in [0.1, 0.15) is 44.0 Å². The molecule has 4 aromatic carbocycles. The van der Waals surface area contributed by atoms with Gasteiger partial charge in [0.25, 0.3) is 11.8 Å². The first kappa shape index (κ1) is 84.2. The molecule has 31 heteroatoms. The first-order valence-electron chi connectivity index (χ1n) is 34.8. The number of methoxy groups -OCH3 is 3. The molecule has 0 aliphatic carbocycles. The molecule has 0 bridgehead atoms. The van der Waals surface area contributed by atoms with E-state index < -0.39 is 90.0 Å². The molecule has 31 nitrogen and oxygen atoms in total. The number of hydrogen-bond acceptors (Lipinski definition) is 21. The van der Waals surface area contributed by atoms with Gasteiger partial charge in [-0.2, -0.15) is 0 Å². The lowest BCUT2D eigenvalue weighted by atomic mass is 10.0. The average molecular weight is 1480 g/mol. The molecule has 10 amide bonds. The third-order valence-electron chi connectivity index (χ3n) is 16.8. The van der Waals surface area contributed by atoms with E-state index in [-0.39, 0.29) is 123 Å². The number of anilines is 4. The normalized spacial score (nSPS) is 14.9. The van der Waals surface area contributed by atoms with E-state index in [2.05, 4.69) is 49.1 Å². The Morgan fingerprint density at radius 2 is 0.943 bits per heavy atom. The Morgan fingerprint density at radius 1 is 0.509 bits per heavy atom. The monoisotopic (exact) mass is 1480 g/mol. The molecule has 0 unspecified atom stereocenters. The van der Waals surface area contributed by atoms with E-state index >= 15 is 0 Å². The van der Waals surface area contributed by atoms with Crippen LogP contribution in [-0.2, 0) is 60.9 Å². The first-order valence-corrected chi connectivity index (χ1v) is 34.8. The van der Waals surface area contributed by atoms with Crippen LogP contribution in [0.4, 0.5) is 37.1 Å². The Labute approximate surface area is 616 Å². The summed E-state index contributed by atoms with van der Waals surface area (Å²) in [6, 6.07) is 13.5. The zero-order chi connectivity index (χ0) is 77.6. The van der Waals surface area contributed by atoms with Gasteiger partial charge < -0.3 is 94.5 Å². The van der Waals surface area contributed by atoms with Crippen molar-refractivity contribution in [2.24, 2.45) is 11.8 Å². The second-order valence-electron chi connectivity index (χ2n) is 25.9. The van der Waals surface area contributed by atoms with E-state index in [1.165, 1.54) is 75.3 Å². The number of aliphatic hydroxyl groups excluding tert-OH is 2. The molecule has 2 aliphatic rings. The third kappa shape index (κ3) is 25.5. The third-order valence-corrected chi connectivity index (χ3v) is 16.8. The Kier molecular flexibility index (Phi) is 33.6. The van der Waals surface area contributed by atoms with Crippen molar-refractivity contribution in [2.45, 2.75) is 143 Å². The predicted octanol–water partition coefficient (Wildman–Crippen LogP) is 8.07. The summed E-state index contributed by atoms with van der Waals surface area (Å²) in [5.41, 5.74) is 3.59. The van der Waals surface area contributed by atoms with Crippen molar-refractivity contribution in [2.75, 3.05) is 95.5 Å². The fourth-order valence-electron chi connectivity index (χ4n) is 11.0. The number of hydrogen-bond donors (Lipinski definition) is 10. The summed E-state index contributed by atoms with van der Waals surface area (Å²) in [6.45, 7) is 17.1. The fourth-order valence-corrected chi connectivity index (χ4v) is 11.0. The van der Waals surface area contributed by atoms with Gasteiger partial charge in [0.2, 0.25) is 29.5 Å². The molecule has 0 radical (unpaired) electrons. The summed E-state index contributed by atoms with van der Waals surface area (Å²) in [7, 11) is 4.33. The highest BCUT2D eigenvalue weighted by Gasteiger charge is 2.34. The number of nitrogens with zero attached hydrogens (tertiary/aromatic N) is 2. The van der Waals surface area contributed by atoms with E-state index in [0.717, 1.165) is 11.1 Å². The van der Waals surface area contributed by atoms with Gasteiger partial charge in [-0.05, 0) is 119 Å². The summed E-state index contributed by atoms with van der Waals surface area (Å²) in [5, 5.41) is 41.7. The van der Waals surface area contributed by atoms with E-state index in [1.807, 2.05) is 13.8 Å². The second-order valence-corrected chi connectivity index (χ2v) is 25.9. The molecule has 2 heterocycles. The number of rotatable bonds is 40. The average Bonchev–Trinajstić information content (AvgIpc) is 1.42. The van der Waals surface area contributed by atoms with Gasteiger partial charge >= 0.3 is 18.3 Å². The molecule has 2 aliphatic heterocycles. The van der Waals surface area contributed by atoms with Crippen LogP contribution in [0.3, 0.4) is 0 Å². The van der Waals surface area contributed by atoms with Gasteiger partial charge in [0.15, 0.2) is 23.0 Å². The number of carbonyl (C=O) groups is 10. The van der Waals surface area contributed by atoms with Crippen molar-refractivity contribution in [1.29, 1.82) is 0 Å². The summed E-state index contributed by atoms with van der Waals surface area (Å²) in [6.07, 6.45) is 4.38. The van der Waals surface area contributed by atoms with Crippen LogP contribution in [0.2, 0.25) is 0 Å². The number of benzene rings is 4. The Morgan fingerprint density at radius 3 is 1.34 bits per heavy atom. The van der Waals surface area contributed by atoms with E-state index in [4.69, 9.17) is 42.6 Å². The standard InChI is InChI=1S/C75H100N10O21/c1-13-26-104-75(97)83-66(45(4)5)70(92)77-49(9)68(90)79-53-23-19-51(20-24-53)43-106-74(96)81-59-37-63(61(100-12)35-57(59)72(94)85-39-47(7)33-55(85)41-87)103-28-16-14-15-27-102-62-36-58(56(34-60(62)99-11)71(93)84-38-46(6)32-54(84)40-86)80-73(95)105-42-50-17-21-52(22-18-50)78-67(89)48(8)76-69(91)65(44(2)3)82-64(88)25-29-101-31-30-98-10/h13,17-24,34-39,44-45,48-49,54-55,65-66,86-87H,1,14-16,25-33,40-43H2,2-12H3,(H,76,91)(H,77,92)(H,78,89)(H,79,90)(H,80,95)(H,81,96)(H,82,88)(H,83,97)/t48-,49-,54+,55+,65-,66-/m1/s1. The number of unbranched alkanes of at least 4 members (excludes halogenated alkanes) is 2. The van der Waals surface area contributed by atoms with Crippen molar-refractivity contribution < 1.29 is 101 Å². The minimum Gasteiger partial charge on any atom is -0.493 e. The van der Waals surface area contributed by atoms with Crippen LogP contribution in [0.25, 0.3) is 0 Å². The zero-order valence-corrected chi connectivity index (χ0v) is 61.8. The van der Waals surface area contributed by atoms with Crippen LogP contribution in [-0.4, -0.2) is 190 Å². The van der Waals surface area contributed by atoms with E-state index in [9.17, 15) is 58.2 Å². The largest absolute Gasteiger partial charge is 0.493 e. The number of aliphatic hydroxyl groups is 2. The van der Waals surface area contributed by atoms with Gasteiger partial charge in [-0.3, -0.25) is 44.2 Å². The molecule has 0 fully saturated rings. The summed E-state index contributed by atoms with van der Waals surface area (Å²) in [4.78, 5) is 136. The van der Waals surface area contributed by atoms with Gasteiger partial charge in [0, 0.05) is 49.4 Å². The van der Waals surface area contributed by atoms with Crippen LogP contribution < -0.4 is 61.5 Å². The molecule has 0 saturated carbocycles. The summed E-state index contributed by atoms with van der Waals surface area (Å²) in [5.74, 6) is -3.58. The molecule has 106 heavy (non-hydrogen) atoms. The Hall–Kier alpha value is -10.8. The number of alkyl carbamates (subject to hydrolysis) is 1. The van der Waals surface area contributed by atoms with Gasteiger partial charge in [-0.25, -0.2) is 14.4 Å². The topological polar surface area (TPSA) is 397 Å². The molecule has 0 saturated heterocycles. The van der Waals surface area contributed by atoms with Crippen molar-refractivity contribution in [3.05, 3.63) is 131 Å². The highest BCUT2D eigenvalue weighted by atomic mass is 16.6. The van der Waals surface area contributed by atoms with Gasteiger partial charge in [0.05, 0.1) is 95.1 Å². The minimum absolute atomic E-state index is 0.0130. The fraction of sp³-hybridized carbons (Fsp3) is 0.467. The van der Waals surface area contributed by atoms with Gasteiger partial charge in [-0.15, -0.1) is 0 Å². The Balaban J connectivity index is 1.05. The molecular weight excluding hydrogens is 1380 g/mol. The SMILES string of the molecule is C=CCOC(=O)N[C@@H](C(=O)N[C@H](C)C(=O)Nc1ccc(COC(=O)Nc2cc(OCCCCCOc3cc(NC(=O)OCc4ccc(NC(=O)[C@@H](C)NC(=O)[C@H](NC(=O)CCOCCOC)C(C)C)cc4)c(C(=O)N4C=C(C)C[C@H]4CO)cc3OC)c(OC)cc2C(=O)N2C=C(C)C[C@H]2CO)cc1)C(C)C. The maximum absolute atomic E-state index is 14.3. The van der Waals surface area contributed by atoms with Crippen LogP contribution in [0.1, 0.15) is 126 Å². The summed E-state index contributed by atoms with van der Waals surface area (Å²) >= 11 is 0. The molecular formula is C75H100N10O21. The molecule has 6 rings (SSSR count). The maximum atomic E-state index is 14.3. The molecule has 576 valence electrons. The number of ether oxygens (including phenoxy) is 9. The molecule has 0 aromatic heterocycles. The summed E-state index contributed by atoms with van der Waals surface area (Å²) < 4.78 is 50.2. The lowest BCUT2D eigenvalue weighted by molar-refractivity contribution is -0.132. The van der Waals surface area contributed by atoms with Crippen molar-refractivity contribution in [3.8, 4) is 23.0 Å². The van der Waals surface area contributed by atoms with Crippen LogP contribution in [0.5, 0.6) is 23.0 Å². The van der Waals surface area contributed by atoms with E-state index in [1.54, 1.807) is 88.6 Å². The maximum Gasteiger partial charge on any atom is 0.411 e. The molecule has 6 atom stereocenters. The number of carbonyl (C=O) groups excluding carboxylic acids is 10. The number of nitrogens with one attached hydrogen (secondary N) is 8. The highest BCUT2D eigenvalue weighted by Crippen LogP contribution is 2.38. The van der Waals surface area contributed by atoms with Crippen molar-refractivity contribution >= 4 is 82.4 Å². The first-order chi connectivity index (χ1) is 50.7. The lowest BCUT2D eigenvalue weighted by Crippen LogP contribution is -2.53. The molecule has 0 spiro atoms. The van der Waals surface area contributed by atoms with Gasteiger partial charge in [-0.1, -0.05) is 75.8 Å². The predicted molar refractivity (Wildman–Crippen MR) is 392 cm³/mol. The molecule has 4 aromatic rings. The second kappa shape index (κ2) is 42.3. The van der Waals surface area contributed by atoms with E-state index in [0.29, 0.717) is 67.8 Å². The van der Waals surface area contributed by atoms with Crippen LogP contribution in [0.15, 0.2) is 109 Å². The highest BCUT2D eigenvalue weighted by molar-refractivity contribution is 6.06. The smallest absolute Gasteiger partial charge is 0.411 e. The lowest BCUT2D eigenvalue weighted by Gasteiger charge is -2.24.